The van der Waals surface area contributed by atoms with Crippen LogP contribution in [0.5, 0.6) is 0 Å². The zero-order chi connectivity index (χ0) is 11.0. The van der Waals surface area contributed by atoms with Gasteiger partial charge in [0.05, 0.1) is 0 Å². The Balaban J connectivity index is 1.74. The molecule has 6 heteroatoms. The smallest absolute Gasteiger partial charge is 0.225 e. The van der Waals surface area contributed by atoms with Gasteiger partial charge in [-0.2, -0.15) is 23.5 Å². The number of nitrogens with zero attached hydrogens (tertiary/aromatic N) is 3. The molecule has 1 aromatic heterocycles. The molecule has 1 aromatic rings. The zero-order valence-corrected chi connectivity index (χ0v) is 11.3. The molecule has 1 saturated heterocycles. The molecule has 3 nitrogen and oxygen atoms in total. The second kappa shape index (κ2) is 4.78. The van der Waals surface area contributed by atoms with Crippen LogP contribution in [0, 0.1) is 0 Å². The Kier molecular flexibility index (Phi) is 3.36. The molecule has 2 aliphatic rings. The van der Waals surface area contributed by atoms with E-state index in [4.69, 9.17) is 11.6 Å². The van der Waals surface area contributed by atoms with Crippen molar-refractivity contribution in [3.8, 4) is 0 Å². The van der Waals surface area contributed by atoms with Crippen LogP contribution in [-0.4, -0.2) is 37.3 Å². The largest absolute Gasteiger partial charge is 0.300 e. The minimum absolute atomic E-state index is 0.568. The molecule has 0 amide bonds. The van der Waals surface area contributed by atoms with Crippen LogP contribution < -0.4 is 0 Å². The molecule has 1 saturated carbocycles. The fourth-order valence-electron chi connectivity index (χ4n) is 1.95. The van der Waals surface area contributed by atoms with Gasteiger partial charge in [0.25, 0.3) is 0 Å². The molecule has 16 heavy (non-hydrogen) atoms. The summed E-state index contributed by atoms with van der Waals surface area (Å²) in [4.78, 5) is 0. The highest BCUT2D eigenvalue weighted by Gasteiger charge is 2.31. The molecule has 0 radical (unpaired) electrons. The van der Waals surface area contributed by atoms with Crippen LogP contribution >= 0.6 is 35.1 Å². The molecule has 0 N–H and O–H groups in total. The lowest BCUT2D eigenvalue weighted by atomic mass is 10.3. The van der Waals surface area contributed by atoms with Crippen molar-refractivity contribution in [2.24, 2.45) is 0 Å². The summed E-state index contributed by atoms with van der Waals surface area (Å²) in [6.07, 6.45) is 2.50. The number of hydrogen-bond acceptors (Lipinski definition) is 4. The van der Waals surface area contributed by atoms with Gasteiger partial charge < -0.3 is 4.57 Å². The molecular formula is C10H14ClN3S2. The second-order valence-electron chi connectivity index (χ2n) is 4.28. The second-order valence-corrected chi connectivity index (χ2v) is 7.18. The standard InChI is InChI=1S/C10H14ClN3S2/c11-10-13-12-9(7-1-2-7)14(10)5-8-6-15-3-4-16-8/h7-8H,1-6H2. The van der Waals surface area contributed by atoms with Gasteiger partial charge in [0.2, 0.25) is 5.28 Å². The first-order valence-corrected chi connectivity index (χ1v) is 8.20. The lowest BCUT2D eigenvalue weighted by Gasteiger charge is -2.22. The maximum atomic E-state index is 6.11. The molecule has 1 aliphatic carbocycles. The molecule has 1 unspecified atom stereocenters. The van der Waals surface area contributed by atoms with Gasteiger partial charge in [-0.15, -0.1) is 10.2 Å². The molecule has 88 valence electrons. The summed E-state index contributed by atoms with van der Waals surface area (Å²) in [5.41, 5.74) is 0. The van der Waals surface area contributed by atoms with Crippen molar-refractivity contribution in [2.75, 3.05) is 17.3 Å². The number of hydrogen-bond donors (Lipinski definition) is 0. The molecule has 0 bridgehead atoms. The van der Waals surface area contributed by atoms with Crippen LogP contribution in [0.1, 0.15) is 24.6 Å². The van der Waals surface area contributed by atoms with Crippen LogP contribution in [0.4, 0.5) is 0 Å². The number of rotatable bonds is 3. The van der Waals surface area contributed by atoms with E-state index in [0.717, 1.165) is 12.4 Å². The summed E-state index contributed by atoms with van der Waals surface area (Å²) in [6.45, 7) is 0.981. The van der Waals surface area contributed by atoms with E-state index in [1.807, 2.05) is 11.8 Å². The van der Waals surface area contributed by atoms with Crippen molar-refractivity contribution >= 4 is 35.1 Å². The summed E-state index contributed by atoms with van der Waals surface area (Å²) in [7, 11) is 0. The molecule has 2 heterocycles. The van der Waals surface area contributed by atoms with Gasteiger partial charge in [-0.05, 0) is 24.4 Å². The Bertz CT molecular complexity index is 372. The van der Waals surface area contributed by atoms with Gasteiger partial charge in [0.1, 0.15) is 5.82 Å². The van der Waals surface area contributed by atoms with Gasteiger partial charge in [0.15, 0.2) is 0 Å². The third-order valence-corrected chi connectivity index (χ3v) is 6.05. The summed E-state index contributed by atoms with van der Waals surface area (Å²) in [6, 6.07) is 0. The zero-order valence-electron chi connectivity index (χ0n) is 8.93. The normalized spacial score (nSPS) is 25.9. The van der Waals surface area contributed by atoms with Crippen molar-refractivity contribution in [1.29, 1.82) is 0 Å². The molecular weight excluding hydrogens is 262 g/mol. The average Bonchev–Trinajstić information content (AvgIpc) is 3.08. The lowest BCUT2D eigenvalue weighted by molar-refractivity contribution is 0.652. The SMILES string of the molecule is Clc1nnc(C2CC2)n1CC1CSCCS1. The highest BCUT2D eigenvalue weighted by atomic mass is 35.5. The van der Waals surface area contributed by atoms with Crippen LogP contribution in [0.3, 0.4) is 0 Å². The molecule has 0 spiro atoms. The molecule has 3 rings (SSSR count). The lowest BCUT2D eigenvalue weighted by Crippen LogP contribution is -2.21. The van der Waals surface area contributed by atoms with E-state index in [9.17, 15) is 0 Å². The Hall–Kier alpha value is 0.130. The number of thioether (sulfide) groups is 2. The first-order chi connectivity index (χ1) is 7.84. The van der Waals surface area contributed by atoms with Crippen molar-refractivity contribution in [1.82, 2.24) is 14.8 Å². The van der Waals surface area contributed by atoms with E-state index in [1.165, 1.54) is 30.1 Å². The first-order valence-electron chi connectivity index (χ1n) is 5.62. The van der Waals surface area contributed by atoms with Gasteiger partial charge in [-0.1, -0.05) is 0 Å². The van der Waals surface area contributed by atoms with Crippen molar-refractivity contribution in [2.45, 2.75) is 30.6 Å². The summed E-state index contributed by atoms with van der Waals surface area (Å²) < 4.78 is 2.13. The van der Waals surface area contributed by atoms with Crippen LogP contribution in [0.25, 0.3) is 0 Å². The summed E-state index contributed by atoms with van der Waals surface area (Å²) in [5, 5.41) is 9.45. The fourth-order valence-corrected chi connectivity index (χ4v) is 4.80. The minimum Gasteiger partial charge on any atom is -0.300 e. The third-order valence-electron chi connectivity index (χ3n) is 2.95. The maximum Gasteiger partial charge on any atom is 0.225 e. The average molecular weight is 276 g/mol. The van der Waals surface area contributed by atoms with E-state index in [1.54, 1.807) is 0 Å². The number of aromatic nitrogens is 3. The van der Waals surface area contributed by atoms with E-state index in [0.29, 0.717) is 16.5 Å². The van der Waals surface area contributed by atoms with Gasteiger partial charge in [-0.3, -0.25) is 0 Å². The monoisotopic (exact) mass is 275 g/mol. The Morgan fingerprint density at radius 1 is 1.31 bits per heavy atom. The molecule has 1 aliphatic heterocycles. The predicted octanol–water partition coefficient (Wildman–Crippen LogP) is 2.66. The maximum absolute atomic E-state index is 6.11. The first kappa shape index (κ1) is 11.2. The minimum atomic E-state index is 0.568. The predicted molar refractivity (Wildman–Crippen MR) is 70.6 cm³/mol. The molecule has 1 atom stereocenters. The van der Waals surface area contributed by atoms with E-state index < -0.39 is 0 Å². The Morgan fingerprint density at radius 2 is 2.19 bits per heavy atom. The van der Waals surface area contributed by atoms with E-state index in [2.05, 4.69) is 26.5 Å². The highest BCUT2D eigenvalue weighted by molar-refractivity contribution is 8.06. The quantitative estimate of drug-likeness (QED) is 0.849. The Morgan fingerprint density at radius 3 is 2.88 bits per heavy atom. The van der Waals surface area contributed by atoms with Gasteiger partial charge >= 0.3 is 0 Å². The fraction of sp³-hybridized carbons (Fsp3) is 0.800. The van der Waals surface area contributed by atoms with Gasteiger partial charge in [-0.25, -0.2) is 0 Å². The molecule has 0 aromatic carbocycles. The van der Waals surface area contributed by atoms with E-state index >= 15 is 0 Å². The summed E-state index contributed by atoms with van der Waals surface area (Å²) in [5.74, 6) is 5.51. The van der Waals surface area contributed by atoms with Gasteiger partial charge in [0, 0.05) is 35.0 Å². The molecule has 2 fully saturated rings. The third kappa shape index (κ3) is 2.36. The van der Waals surface area contributed by atoms with Crippen LogP contribution in [0.2, 0.25) is 5.28 Å². The topological polar surface area (TPSA) is 30.7 Å². The van der Waals surface area contributed by atoms with Crippen LogP contribution in [-0.2, 0) is 6.54 Å². The highest BCUT2D eigenvalue weighted by Crippen LogP contribution is 2.40. The Labute approximate surface area is 109 Å². The number of halogens is 1. The summed E-state index contributed by atoms with van der Waals surface area (Å²) >= 11 is 10.2. The van der Waals surface area contributed by atoms with Crippen molar-refractivity contribution < 1.29 is 0 Å². The van der Waals surface area contributed by atoms with Crippen LogP contribution in [0.15, 0.2) is 0 Å². The van der Waals surface area contributed by atoms with Crippen molar-refractivity contribution in [3.05, 3.63) is 11.1 Å². The van der Waals surface area contributed by atoms with E-state index in [-0.39, 0.29) is 0 Å². The van der Waals surface area contributed by atoms with Crippen molar-refractivity contribution in [3.63, 3.8) is 0 Å².